The number of benzene rings is 1. The number of pyridine rings is 1. The van der Waals surface area contributed by atoms with Crippen LogP contribution in [0.3, 0.4) is 0 Å². The molecule has 0 bridgehead atoms. The summed E-state index contributed by atoms with van der Waals surface area (Å²) in [5, 5.41) is 12.5. The molecule has 3 rings (SSSR count). The fourth-order valence-corrected chi connectivity index (χ4v) is 3.88. The van der Waals surface area contributed by atoms with Crippen molar-refractivity contribution < 1.29 is 4.79 Å². The number of carbonyl (C=O) groups excluding carboxylic acids is 1. The zero-order valence-electron chi connectivity index (χ0n) is 17.1. The highest BCUT2D eigenvalue weighted by atomic mass is 32.2. The van der Waals surface area contributed by atoms with Crippen LogP contribution in [0.1, 0.15) is 39.2 Å². The van der Waals surface area contributed by atoms with Crippen molar-refractivity contribution in [1.29, 1.82) is 0 Å². The largest absolute Gasteiger partial charge is 0.353 e. The van der Waals surface area contributed by atoms with Crippen molar-refractivity contribution >= 4 is 17.7 Å². The minimum absolute atomic E-state index is 0.0114. The topological polar surface area (TPSA) is 72.7 Å². The maximum Gasteiger partial charge on any atom is 0.230 e. The summed E-state index contributed by atoms with van der Waals surface area (Å²) in [4.78, 5) is 16.4. The van der Waals surface area contributed by atoms with E-state index >= 15 is 0 Å². The molecule has 1 atom stereocenters. The SMILES string of the molecule is CCCC(C)NC(=O)CSc1nnc(-c2ccncc2)n1-c1ccc(CC)cc1. The summed E-state index contributed by atoms with van der Waals surface area (Å²) < 4.78 is 2.00. The van der Waals surface area contributed by atoms with Crippen LogP contribution < -0.4 is 5.32 Å². The number of rotatable bonds is 9. The summed E-state index contributed by atoms with van der Waals surface area (Å²) in [6.07, 6.45) is 6.49. The molecule has 0 saturated carbocycles. The average molecular weight is 410 g/mol. The molecule has 0 aliphatic carbocycles. The maximum absolute atomic E-state index is 12.3. The van der Waals surface area contributed by atoms with Crippen LogP contribution in [-0.4, -0.2) is 37.5 Å². The number of amides is 1. The molecule has 7 heteroatoms. The van der Waals surface area contributed by atoms with E-state index in [0.29, 0.717) is 10.9 Å². The van der Waals surface area contributed by atoms with Gasteiger partial charge in [-0.3, -0.25) is 14.3 Å². The lowest BCUT2D eigenvalue weighted by molar-refractivity contribution is -0.119. The van der Waals surface area contributed by atoms with Gasteiger partial charge in [0.1, 0.15) is 0 Å². The van der Waals surface area contributed by atoms with Crippen molar-refractivity contribution in [2.45, 2.75) is 51.2 Å². The third-order valence-corrected chi connectivity index (χ3v) is 5.57. The van der Waals surface area contributed by atoms with Crippen LogP contribution in [0, 0.1) is 0 Å². The molecule has 1 N–H and O–H groups in total. The highest BCUT2D eigenvalue weighted by Crippen LogP contribution is 2.28. The highest BCUT2D eigenvalue weighted by Gasteiger charge is 2.17. The zero-order chi connectivity index (χ0) is 20.6. The molecule has 0 spiro atoms. The first kappa shape index (κ1) is 21.0. The van der Waals surface area contributed by atoms with Crippen LogP contribution in [-0.2, 0) is 11.2 Å². The summed E-state index contributed by atoms with van der Waals surface area (Å²) in [7, 11) is 0. The van der Waals surface area contributed by atoms with Crippen LogP contribution in [0.4, 0.5) is 0 Å². The standard InChI is InChI=1S/C22H27N5OS/c1-4-6-16(3)24-20(28)15-29-22-26-25-21(18-11-13-23-14-12-18)27(22)19-9-7-17(5-2)8-10-19/h7-14,16H,4-6,15H2,1-3H3,(H,24,28). The van der Waals surface area contributed by atoms with Gasteiger partial charge in [0.05, 0.1) is 5.75 Å². The van der Waals surface area contributed by atoms with Gasteiger partial charge in [-0.1, -0.05) is 44.2 Å². The summed E-state index contributed by atoms with van der Waals surface area (Å²) >= 11 is 1.40. The molecular formula is C22H27N5OS. The predicted octanol–water partition coefficient (Wildman–Crippen LogP) is 4.29. The second-order valence-corrected chi connectivity index (χ2v) is 7.89. The maximum atomic E-state index is 12.3. The van der Waals surface area contributed by atoms with E-state index in [-0.39, 0.29) is 11.9 Å². The first-order chi connectivity index (χ1) is 14.1. The fourth-order valence-electron chi connectivity index (χ4n) is 3.12. The molecule has 0 aliphatic rings. The summed E-state index contributed by atoms with van der Waals surface area (Å²) in [5.41, 5.74) is 3.17. The number of carbonyl (C=O) groups is 1. The van der Waals surface area contributed by atoms with Gasteiger partial charge in [-0.2, -0.15) is 0 Å². The van der Waals surface area contributed by atoms with E-state index in [1.807, 2.05) is 23.6 Å². The number of hydrogen-bond acceptors (Lipinski definition) is 5. The molecule has 6 nitrogen and oxygen atoms in total. The lowest BCUT2D eigenvalue weighted by Crippen LogP contribution is -2.33. The van der Waals surface area contributed by atoms with Crippen LogP contribution in [0.2, 0.25) is 0 Å². The predicted molar refractivity (Wildman–Crippen MR) is 117 cm³/mol. The molecule has 29 heavy (non-hydrogen) atoms. The molecule has 2 aromatic heterocycles. The van der Waals surface area contributed by atoms with Gasteiger partial charge in [0.15, 0.2) is 11.0 Å². The van der Waals surface area contributed by atoms with Gasteiger partial charge >= 0.3 is 0 Å². The molecular weight excluding hydrogens is 382 g/mol. The zero-order valence-corrected chi connectivity index (χ0v) is 17.9. The van der Waals surface area contributed by atoms with Gasteiger partial charge in [0, 0.05) is 29.7 Å². The Morgan fingerprint density at radius 1 is 1.10 bits per heavy atom. The Labute approximate surface area is 176 Å². The lowest BCUT2D eigenvalue weighted by Gasteiger charge is -2.13. The number of aryl methyl sites for hydroxylation is 1. The Morgan fingerprint density at radius 3 is 2.48 bits per heavy atom. The molecule has 0 aliphatic heterocycles. The molecule has 1 aromatic carbocycles. The first-order valence-electron chi connectivity index (χ1n) is 9.99. The minimum atomic E-state index is 0.0114. The van der Waals surface area contributed by atoms with E-state index in [1.54, 1.807) is 12.4 Å². The van der Waals surface area contributed by atoms with Gasteiger partial charge < -0.3 is 5.32 Å². The number of aromatic nitrogens is 4. The van der Waals surface area contributed by atoms with Gasteiger partial charge in [0.2, 0.25) is 5.91 Å². The molecule has 0 radical (unpaired) electrons. The molecule has 2 heterocycles. The molecule has 0 saturated heterocycles. The van der Waals surface area contributed by atoms with E-state index in [2.05, 4.69) is 58.6 Å². The fraction of sp³-hybridized carbons (Fsp3) is 0.364. The van der Waals surface area contributed by atoms with Crippen molar-refractivity contribution in [2.24, 2.45) is 0 Å². The summed E-state index contributed by atoms with van der Waals surface area (Å²) in [6.45, 7) is 6.28. The third-order valence-electron chi connectivity index (χ3n) is 4.64. The van der Waals surface area contributed by atoms with Crippen LogP contribution in [0.15, 0.2) is 53.9 Å². The monoisotopic (exact) mass is 409 g/mol. The Balaban J connectivity index is 1.87. The second-order valence-electron chi connectivity index (χ2n) is 6.94. The second kappa shape index (κ2) is 10.2. The van der Waals surface area contributed by atoms with Gasteiger partial charge in [-0.25, -0.2) is 0 Å². The molecule has 152 valence electrons. The highest BCUT2D eigenvalue weighted by molar-refractivity contribution is 7.99. The van der Waals surface area contributed by atoms with E-state index in [4.69, 9.17) is 0 Å². The Bertz CT molecular complexity index is 924. The Kier molecular flexibility index (Phi) is 7.41. The third kappa shape index (κ3) is 5.44. The van der Waals surface area contributed by atoms with Crippen molar-refractivity contribution in [2.75, 3.05) is 5.75 Å². The summed E-state index contributed by atoms with van der Waals surface area (Å²) in [5.74, 6) is 1.05. The van der Waals surface area contributed by atoms with E-state index in [1.165, 1.54) is 17.3 Å². The number of nitrogens with one attached hydrogen (secondary N) is 1. The van der Waals surface area contributed by atoms with Crippen molar-refractivity contribution in [3.63, 3.8) is 0 Å². The van der Waals surface area contributed by atoms with Gasteiger partial charge in [-0.15, -0.1) is 10.2 Å². The Hall–Kier alpha value is -2.67. The van der Waals surface area contributed by atoms with Crippen molar-refractivity contribution in [3.8, 4) is 17.1 Å². The normalized spacial score (nSPS) is 12.0. The van der Waals surface area contributed by atoms with E-state index in [0.717, 1.165) is 36.3 Å². The van der Waals surface area contributed by atoms with Crippen LogP contribution in [0.25, 0.3) is 17.1 Å². The first-order valence-corrected chi connectivity index (χ1v) is 11.0. The van der Waals surface area contributed by atoms with Crippen LogP contribution >= 0.6 is 11.8 Å². The van der Waals surface area contributed by atoms with E-state index < -0.39 is 0 Å². The molecule has 3 aromatic rings. The Morgan fingerprint density at radius 2 is 1.83 bits per heavy atom. The molecule has 1 amide bonds. The quantitative estimate of drug-likeness (QED) is 0.534. The van der Waals surface area contributed by atoms with Crippen molar-refractivity contribution in [1.82, 2.24) is 25.1 Å². The number of hydrogen-bond donors (Lipinski definition) is 1. The number of thioether (sulfide) groups is 1. The minimum Gasteiger partial charge on any atom is -0.353 e. The molecule has 1 unspecified atom stereocenters. The smallest absolute Gasteiger partial charge is 0.230 e. The number of nitrogens with zero attached hydrogens (tertiary/aromatic N) is 4. The van der Waals surface area contributed by atoms with Crippen molar-refractivity contribution in [3.05, 3.63) is 54.4 Å². The molecule has 0 fully saturated rings. The average Bonchev–Trinajstić information content (AvgIpc) is 3.17. The summed E-state index contributed by atoms with van der Waals surface area (Å²) in [6, 6.07) is 12.4. The lowest BCUT2D eigenvalue weighted by atomic mass is 10.1. The van der Waals surface area contributed by atoms with Gasteiger partial charge in [0.25, 0.3) is 0 Å². The van der Waals surface area contributed by atoms with E-state index in [9.17, 15) is 4.79 Å². The van der Waals surface area contributed by atoms with Gasteiger partial charge in [-0.05, 0) is 49.6 Å². The van der Waals surface area contributed by atoms with Crippen LogP contribution in [0.5, 0.6) is 0 Å².